The molecule has 0 unspecified atom stereocenters. The number of rotatable bonds is 6. The number of halogens is 2. The van der Waals surface area contributed by atoms with Gasteiger partial charge in [0.1, 0.15) is 10.8 Å². The van der Waals surface area contributed by atoms with E-state index in [2.05, 4.69) is 43.3 Å². The first-order valence-electron chi connectivity index (χ1n) is 11.3. The molecule has 4 rings (SSSR count). The predicted molar refractivity (Wildman–Crippen MR) is 128 cm³/mol. The topological polar surface area (TPSA) is 9.23 Å². The van der Waals surface area contributed by atoms with Crippen molar-refractivity contribution in [1.82, 2.24) is 0 Å². The molecule has 1 saturated carbocycles. The molecular formula is C28H30ClFO. The van der Waals surface area contributed by atoms with Crippen LogP contribution < -0.4 is 4.74 Å². The summed E-state index contributed by atoms with van der Waals surface area (Å²) in [5.74, 6) is 1.17. The van der Waals surface area contributed by atoms with Crippen LogP contribution >= 0.6 is 11.6 Å². The summed E-state index contributed by atoms with van der Waals surface area (Å²) in [6.07, 6.45) is 7.20. The van der Waals surface area contributed by atoms with Crippen molar-refractivity contribution < 1.29 is 9.13 Å². The van der Waals surface area contributed by atoms with Gasteiger partial charge < -0.3 is 4.74 Å². The molecule has 0 bridgehead atoms. The smallest absolute Gasteiger partial charge is 0.153 e. The molecule has 0 radical (unpaired) electrons. The van der Waals surface area contributed by atoms with Gasteiger partial charge in [-0.05, 0) is 78.3 Å². The Kier molecular flexibility index (Phi) is 6.97. The first-order chi connectivity index (χ1) is 15.1. The molecule has 0 aliphatic heterocycles. The van der Waals surface area contributed by atoms with E-state index in [0.29, 0.717) is 23.1 Å². The number of aryl methyl sites for hydroxylation is 1. The van der Waals surface area contributed by atoms with Crippen LogP contribution in [-0.4, -0.2) is 7.11 Å². The van der Waals surface area contributed by atoms with Gasteiger partial charge in [0.2, 0.25) is 0 Å². The molecule has 1 aliphatic carbocycles. The summed E-state index contributed by atoms with van der Waals surface area (Å²) in [6.45, 7) is 2.23. The van der Waals surface area contributed by atoms with E-state index >= 15 is 0 Å². The third-order valence-corrected chi connectivity index (χ3v) is 7.03. The molecule has 3 aromatic carbocycles. The molecule has 0 amide bonds. The summed E-state index contributed by atoms with van der Waals surface area (Å²) >= 11 is 6.09. The van der Waals surface area contributed by atoms with Crippen molar-refractivity contribution in [2.45, 2.75) is 57.3 Å². The van der Waals surface area contributed by atoms with E-state index in [-0.39, 0.29) is 5.02 Å². The van der Waals surface area contributed by atoms with Crippen molar-refractivity contribution in [1.29, 1.82) is 0 Å². The molecule has 0 N–H and O–H groups in total. The molecule has 0 heterocycles. The van der Waals surface area contributed by atoms with Crippen molar-refractivity contribution in [2.24, 2.45) is 0 Å². The van der Waals surface area contributed by atoms with Crippen molar-refractivity contribution in [3.8, 4) is 16.9 Å². The van der Waals surface area contributed by atoms with Gasteiger partial charge in [-0.25, -0.2) is 4.39 Å². The van der Waals surface area contributed by atoms with Gasteiger partial charge in [0.25, 0.3) is 0 Å². The molecule has 0 aromatic heterocycles. The maximum absolute atomic E-state index is 14.7. The molecule has 0 saturated heterocycles. The number of benzene rings is 3. The highest BCUT2D eigenvalue weighted by Crippen LogP contribution is 2.41. The summed E-state index contributed by atoms with van der Waals surface area (Å²) in [6, 6.07) is 21.0. The first-order valence-corrected chi connectivity index (χ1v) is 11.7. The minimum absolute atomic E-state index is 0.0325. The maximum atomic E-state index is 14.7. The SMILES string of the molecule is CCCc1ccc(C2CCC(c3ccc(-c4ccc(OC)c(Cl)c4F)cc3)CC2)cc1. The molecule has 1 aliphatic rings. The van der Waals surface area contributed by atoms with Gasteiger partial charge in [0.15, 0.2) is 5.82 Å². The third kappa shape index (κ3) is 4.80. The van der Waals surface area contributed by atoms with Gasteiger partial charge in [-0.2, -0.15) is 0 Å². The number of ether oxygens (including phenoxy) is 1. The van der Waals surface area contributed by atoms with Crippen LogP contribution in [0.15, 0.2) is 60.7 Å². The standard InChI is InChI=1S/C28H30ClFO/c1-3-4-19-5-7-20(8-6-19)21-9-11-22(12-10-21)23-13-15-24(16-14-23)25-17-18-26(31-2)27(29)28(25)30/h5-8,13-18,21-22H,3-4,9-12H2,1-2H3. The van der Waals surface area contributed by atoms with Crippen LogP contribution in [0.5, 0.6) is 5.75 Å². The van der Waals surface area contributed by atoms with Gasteiger partial charge in [0.05, 0.1) is 7.11 Å². The lowest BCUT2D eigenvalue weighted by molar-refractivity contribution is 0.396. The molecule has 162 valence electrons. The summed E-state index contributed by atoms with van der Waals surface area (Å²) < 4.78 is 19.8. The predicted octanol–water partition coefficient (Wildman–Crippen LogP) is 8.55. The summed E-state index contributed by atoms with van der Waals surface area (Å²) in [5, 5.41) is 0.0325. The van der Waals surface area contributed by atoms with Crippen LogP contribution in [-0.2, 0) is 6.42 Å². The van der Waals surface area contributed by atoms with Crippen LogP contribution in [0.3, 0.4) is 0 Å². The van der Waals surface area contributed by atoms with Crippen molar-refractivity contribution >= 4 is 11.6 Å². The molecule has 1 nitrogen and oxygen atoms in total. The Bertz CT molecular complexity index is 1000. The average molecular weight is 437 g/mol. The summed E-state index contributed by atoms with van der Waals surface area (Å²) in [7, 11) is 1.49. The quantitative estimate of drug-likeness (QED) is 0.376. The van der Waals surface area contributed by atoms with Crippen molar-refractivity contribution in [3.05, 3.63) is 88.2 Å². The van der Waals surface area contributed by atoms with E-state index < -0.39 is 5.82 Å². The van der Waals surface area contributed by atoms with Crippen LogP contribution in [0, 0.1) is 5.82 Å². The molecular weight excluding hydrogens is 407 g/mol. The summed E-state index contributed by atoms with van der Waals surface area (Å²) in [4.78, 5) is 0. The monoisotopic (exact) mass is 436 g/mol. The van der Waals surface area contributed by atoms with E-state index in [9.17, 15) is 4.39 Å². The Morgan fingerprint density at radius 2 is 1.39 bits per heavy atom. The largest absolute Gasteiger partial charge is 0.495 e. The van der Waals surface area contributed by atoms with Crippen LogP contribution in [0.25, 0.3) is 11.1 Å². The second-order valence-electron chi connectivity index (χ2n) is 8.61. The van der Waals surface area contributed by atoms with Crippen molar-refractivity contribution in [3.63, 3.8) is 0 Å². The number of hydrogen-bond donors (Lipinski definition) is 0. The molecule has 3 heteroatoms. The normalized spacial score (nSPS) is 18.7. The van der Waals surface area contributed by atoms with E-state index in [1.54, 1.807) is 12.1 Å². The molecule has 1 fully saturated rings. The maximum Gasteiger partial charge on any atom is 0.153 e. The zero-order valence-electron chi connectivity index (χ0n) is 18.3. The fourth-order valence-electron chi connectivity index (χ4n) is 4.85. The van der Waals surface area contributed by atoms with Gasteiger partial charge >= 0.3 is 0 Å². The lowest BCUT2D eigenvalue weighted by Crippen LogP contribution is -2.12. The second-order valence-corrected chi connectivity index (χ2v) is 8.98. The van der Waals surface area contributed by atoms with Crippen LogP contribution in [0.2, 0.25) is 5.02 Å². The lowest BCUT2D eigenvalue weighted by atomic mass is 9.76. The Morgan fingerprint density at radius 1 is 0.839 bits per heavy atom. The summed E-state index contributed by atoms with van der Waals surface area (Å²) in [5.41, 5.74) is 5.62. The fraction of sp³-hybridized carbons (Fsp3) is 0.357. The highest BCUT2D eigenvalue weighted by atomic mass is 35.5. The Hall–Kier alpha value is -2.32. The van der Waals surface area contributed by atoms with Gasteiger partial charge in [-0.1, -0.05) is 73.5 Å². The number of hydrogen-bond acceptors (Lipinski definition) is 1. The van der Waals surface area contributed by atoms with E-state index in [1.807, 2.05) is 12.1 Å². The van der Waals surface area contributed by atoms with E-state index in [4.69, 9.17) is 16.3 Å². The molecule has 0 atom stereocenters. The van der Waals surface area contributed by atoms with Crippen molar-refractivity contribution in [2.75, 3.05) is 7.11 Å². The van der Waals surface area contributed by atoms with Crippen LogP contribution in [0.4, 0.5) is 4.39 Å². The highest BCUT2D eigenvalue weighted by molar-refractivity contribution is 6.32. The highest BCUT2D eigenvalue weighted by Gasteiger charge is 2.23. The van der Waals surface area contributed by atoms with Gasteiger partial charge in [-0.3, -0.25) is 0 Å². The average Bonchev–Trinajstić information content (AvgIpc) is 2.82. The molecule has 0 spiro atoms. The zero-order valence-corrected chi connectivity index (χ0v) is 19.1. The number of methoxy groups -OCH3 is 1. The van der Waals surface area contributed by atoms with Gasteiger partial charge in [-0.15, -0.1) is 0 Å². The zero-order chi connectivity index (χ0) is 21.8. The van der Waals surface area contributed by atoms with Crippen LogP contribution in [0.1, 0.15) is 67.6 Å². The van der Waals surface area contributed by atoms with E-state index in [0.717, 1.165) is 12.0 Å². The fourth-order valence-corrected chi connectivity index (χ4v) is 5.09. The Morgan fingerprint density at radius 3 is 1.90 bits per heavy atom. The lowest BCUT2D eigenvalue weighted by Gasteiger charge is -2.29. The molecule has 3 aromatic rings. The van der Waals surface area contributed by atoms with Gasteiger partial charge in [0, 0.05) is 5.56 Å². The Balaban J connectivity index is 1.41. The minimum atomic E-state index is -0.431. The second kappa shape index (κ2) is 9.87. The Labute approximate surface area is 190 Å². The first kappa shape index (κ1) is 21.9. The van der Waals surface area contributed by atoms with E-state index in [1.165, 1.54) is 55.9 Å². The molecule has 31 heavy (non-hydrogen) atoms. The third-order valence-electron chi connectivity index (χ3n) is 6.68. The minimum Gasteiger partial charge on any atom is -0.495 e.